The van der Waals surface area contributed by atoms with Crippen molar-refractivity contribution < 1.29 is 4.74 Å². The first-order valence-electron chi connectivity index (χ1n) is 4.37. The maximum absolute atomic E-state index is 5.26. The molecule has 0 radical (unpaired) electrons. The van der Waals surface area contributed by atoms with Gasteiger partial charge in [0.15, 0.2) is 0 Å². The molecule has 0 amide bonds. The van der Waals surface area contributed by atoms with Crippen LogP contribution in [0.3, 0.4) is 0 Å². The highest BCUT2D eigenvalue weighted by Crippen LogP contribution is 2.40. The number of benzene rings is 1. The molecule has 0 spiro atoms. The molecule has 0 aliphatic rings. The molecule has 2 aromatic rings. The maximum atomic E-state index is 5.26. The van der Waals surface area contributed by atoms with E-state index in [1.54, 1.807) is 7.11 Å². The van der Waals surface area contributed by atoms with Gasteiger partial charge in [0, 0.05) is 4.88 Å². The Bertz CT molecular complexity index is 487. The van der Waals surface area contributed by atoms with Gasteiger partial charge in [-0.15, -0.1) is 11.3 Å². The highest BCUT2D eigenvalue weighted by atomic mass is 79.9. The third-order valence-electron chi connectivity index (χ3n) is 2.47. The summed E-state index contributed by atoms with van der Waals surface area (Å²) in [5, 5.41) is 1.32. The Kier molecular flexibility index (Phi) is 2.54. The number of methoxy groups -OCH3 is 1. The van der Waals surface area contributed by atoms with Crippen molar-refractivity contribution in [3.63, 3.8) is 0 Å². The van der Waals surface area contributed by atoms with Crippen molar-refractivity contribution in [3.05, 3.63) is 27.0 Å². The Labute approximate surface area is 95.8 Å². The van der Waals surface area contributed by atoms with Gasteiger partial charge in [-0.1, -0.05) is 0 Å². The number of aryl methyl sites for hydroxylation is 2. The van der Waals surface area contributed by atoms with Crippen molar-refractivity contribution in [2.75, 3.05) is 7.11 Å². The van der Waals surface area contributed by atoms with E-state index in [0.717, 1.165) is 10.2 Å². The first-order valence-corrected chi connectivity index (χ1v) is 5.98. The predicted octanol–water partition coefficient (Wildman–Crippen LogP) is 4.29. The van der Waals surface area contributed by atoms with Gasteiger partial charge in [-0.25, -0.2) is 0 Å². The van der Waals surface area contributed by atoms with Crippen molar-refractivity contribution in [1.29, 1.82) is 0 Å². The molecule has 0 saturated heterocycles. The summed E-state index contributed by atoms with van der Waals surface area (Å²) in [7, 11) is 1.69. The molecule has 0 unspecified atom stereocenters. The quantitative estimate of drug-likeness (QED) is 0.751. The zero-order valence-corrected chi connectivity index (χ0v) is 10.8. The second kappa shape index (κ2) is 3.55. The third-order valence-corrected chi connectivity index (χ3v) is 4.76. The van der Waals surface area contributed by atoms with E-state index in [1.165, 1.54) is 20.5 Å². The van der Waals surface area contributed by atoms with Crippen molar-refractivity contribution in [1.82, 2.24) is 0 Å². The lowest BCUT2D eigenvalue weighted by Crippen LogP contribution is -1.83. The van der Waals surface area contributed by atoms with Gasteiger partial charge in [0.2, 0.25) is 0 Å². The van der Waals surface area contributed by atoms with Crippen LogP contribution in [0.2, 0.25) is 0 Å². The predicted molar refractivity (Wildman–Crippen MR) is 65.6 cm³/mol. The van der Waals surface area contributed by atoms with Crippen molar-refractivity contribution in [2.24, 2.45) is 0 Å². The van der Waals surface area contributed by atoms with E-state index in [4.69, 9.17) is 4.74 Å². The highest BCUT2D eigenvalue weighted by Gasteiger charge is 2.10. The fraction of sp³-hybridized carbons (Fsp3) is 0.273. The molecular weight excluding hydrogens is 260 g/mol. The summed E-state index contributed by atoms with van der Waals surface area (Å²) in [6.45, 7) is 4.31. The van der Waals surface area contributed by atoms with E-state index in [9.17, 15) is 0 Å². The van der Waals surface area contributed by atoms with E-state index in [1.807, 2.05) is 17.4 Å². The smallest absolute Gasteiger partial charge is 0.134 e. The molecule has 14 heavy (non-hydrogen) atoms. The summed E-state index contributed by atoms with van der Waals surface area (Å²) in [5.41, 5.74) is 1.37. The summed E-state index contributed by atoms with van der Waals surface area (Å²) >= 11 is 5.38. The molecular formula is C11H11BrOS. The zero-order valence-electron chi connectivity index (χ0n) is 8.35. The Hall–Kier alpha value is -0.540. The summed E-state index contributed by atoms with van der Waals surface area (Å²) < 4.78 is 7.61. The number of ether oxygens (including phenoxy) is 1. The van der Waals surface area contributed by atoms with Crippen molar-refractivity contribution in [3.8, 4) is 5.75 Å². The fourth-order valence-corrected chi connectivity index (χ4v) is 3.35. The number of thiophene rings is 1. The van der Waals surface area contributed by atoms with Crippen LogP contribution in [0.4, 0.5) is 0 Å². The van der Waals surface area contributed by atoms with Crippen LogP contribution < -0.4 is 4.74 Å². The summed E-state index contributed by atoms with van der Waals surface area (Å²) in [4.78, 5) is 1.37. The van der Waals surface area contributed by atoms with Crippen LogP contribution >= 0.6 is 27.3 Å². The lowest BCUT2D eigenvalue weighted by Gasteiger charge is -2.03. The molecule has 2 rings (SSSR count). The second-order valence-electron chi connectivity index (χ2n) is 3.24. The lowest BCUT2D eigenvalue weighted by molar-refractivity contribution is 0.413. The van der Waals surface area contributed by atoms with Crippen molar-refractivity contribution in [2.45, 2.75) is 13.8 Å². The Morgan fingerprint density at radius 3 is 2.64 bits per heavy atom. The topological polar surface area (TPSA) is 9.23 Å². The van der Waals surface area contributed by atoms with Crippen LogP contribution in [-0.2, 0) is 0 Å². The molecule has 1 nitrogen and oxygen atoms in total. The molecule has 1 heterocycles. The van der Waals surface area contributed by atoms with Gasteiger partial charge in [0.05, 0.1) is 16.3 Å². The molecule has 3 heteroatoms. The minimum absolute atomic E-state index is 0.902. The minimum atomic E-state index is 0.902. The van der Waals surface area contributed by atoms with Gasteiger partial charge < -0.3 is 4.74 Å². The number of hydrogen-bond acceptors (Lipinski definition) is 2. The van der Waals surface area contributed by atoms with Crippen LogP contribution in [0.25, 0.3) is 10.1 Å². The first kappa shape index (κ1) is 9.99. The van der Waals surface area contributed by atoms with Crippen LogP contribution in [0.1, 0.15) is 10.4 Å². The third kappa shape index (κ3) is 1.35. The van der Waals surface area contributed by atoms with E-state index in [0.29, 0.717) is 0 Å². The summed E-state index contributed by atoms with van der Waals surface area (Å²) in [5.74, 6) is 0.902. The van der Waals surface area contributed by atoms with Gasteiger partial charge >= 0.3 is 0 Å². The average Bonchev–Trinajstić information content (AvgIpc) is 2.46. The van der Waals surface area contributed by atoms with Gasteiger partial charge in [-0.05, 0) is 52.9 Å². The Morgan fingerprint density at radius 1 is 1.29 bits per heavy atom. The van der Waals surface area contributed by atoms with Crippen molar-refractivity contribution >= 4 is 37.4 Å². The van der Waals surface area contributed by atoms with Crippen LogP contribution in [0.15, 0.2) is 16.6 Å². The summed E-state index contributed by atoms with van der Waals surface area (Å²) in [6.07, 6.45) is 0. The van der Waals surface area contributed by atoms with Crippen LogP contribution in [0.5, 0.6) is 5.75 Å². The van der Waals surface area contributed by atoms with Gasteiger partial charge in [-0.3, -0.25) is 0 Å². The normalized spacial score (nSPS) is 10.9. The monoisotopic (exact) mass is 270 g/mol. The van der Waals surface area contributed by atoms with Crippen LogP contribution in [0, 0.1) is 13.8 Å². The average molecular weight is 271 g/mol. The number of rotatable bonds is 1. The number of fused-ring (bicyclic) bond motifs is 1. The van der Waals surface area contributed by atoms with E-state index < -0.39 is 0 Å². The molecule has 0 aliphatic carbocycles. The lowest BCUT2D eigenvalue weighted by atomic mass is 10.1. The largest absolute Gasteiger partial charge is 0.496 e. The Balaban J connectivity index is 2.83. The highest BCUT2D eigenvalue weighted by molar-refractivity contribution is 9.10. The standard InChI is InChI=1S/C11H11BrOS/c1-6-7(2)14-11-8(6)4-5-9(13-3)10(11)12/h4-5H,1-3H3. The van der Waals surface area contributed by atoms with Gasteiger partial charge in [-0.2, -0.15) is 0 Å². The molecule has 1 aromatic heterocycles. The van der Waals surface area contributed by atoms with E-state index in [-0.39, 0.29) is 0 Å². The SMILES string of the molecule is COc1ccc2c(C)c(C)sc2c1Br. The first-order chi connectivity index (χ1) is 6.65. The van der Waals surface area contributed by atoms with Gasteiger partial charge in [0.1, 0.15) is 5.75 Å². The molecule has 0 N–H and O–H groups in total. The molecule has 1 aromatic carbocycles. The second-order valence-corrected chi connectivity index (χ2v) is 5.26. The summed E-state index contributed by atoms with van der Waals surface area (Å²) in [6, 6.07) is 4.13. The fourth-order valence-electron chi connectivity index (χ4n) is 1.51. The number of hydrogen-bond donors (Lipinski definition) is 0. The molecule has 0 saturated carbocycles. The van der Waals surface area contributed by atoms with Gasteiger partial charge in [0.25, 0.3) is 0 Å². The molecule has 0 fully saturated rings. The van der Waals surface area contributed by atoms with Crippen LogP contribution in [-0.4, -0.2) is 7.11 Å². The molecule has 0 bridgehead atoms. The molecule has 0 aliphatic heterocycles. The van der Waals surface area contributed by atoms with E-state index in [2.05, 4.69) is 35.8 Å². The molecule has 0 atom stereocenters. The zero-order chi connectivity index (χ0) is 10.3. The molecule has 74 valence electrons. The maximum Gasteiger partial charge on any atom is 0.134 e. The van der Waals surface area contributed by atoms with E-state index >= 15 is 0 Å². The Morgan fingerprint density at radius 2 is 2.00 bits per heavy atom. The minimum Gasteiger partial charge on any atom is -0.496 e. The number of halogens is 1.